The number of rotatable bonds is 3. The smallest absolute Gasteiger partial charge is 0.0593 e. The standard InChI is InChI=1S/C13H22N2S/c1-9-7-10(2)15(8-9)13(11(3)14)12-5-4-6-16-12/h4-6,9-11,13H,7-8,14H2,1-3H3. The lowest BCUT2D eigenvalue weighted by molar-refractivity contribution is 0.170. The Bertz CT molecular complexity index is 321. The van der Waals surface area contributed by atoms with Gasteiger partial charge in [-0.25, -0.2) is 0 Å². The third kappa shape index (κ3) is 2.31. The fraction of sp³-hybridized carbons (Fsp3) is 0.692. The van der Waals surface area contributed by atoms with Crippen LogP contribution in [0.2, 0.25) is 0 Å². The molecule has 90 valence electrons. The summed E-state index contributed by atoms with van der Waals surface area (Å²) in [6.45, 7) is 7.97. The van der Waals surface area contributed by atoms with E-state index in [2.05, 4.69) is 43.2 Å². The zero-order valence-electron chi connectivity index (χ0n) is 10.4. The van der Waals surface area contributed by atoms with Crippen molar-refractivity contribution in [1.29, 1.82) is 0 Å². The summed E-state index contributed by atoms with van der Waals surface area (Å²) in [5.74, 6) is 0.802. The lowest BCUT2D eigenvalue weighted by atomic mass is 10.1. The Labute approximate surface area is 102 Å². The summed E-state index contributed by atoms with van der Waals surface area (Å²) < 4.78 is 0. The first-order valence-electron chi connectivity index (χ1n) is 6.14. The average Bonchev–Trinajstić information content (AvgIpc) is 2.78. The van der Waals surface area contributed by atoms with Crippen LogP contribution in [0.3, 0.4) is 0 Å². The minimum absolute atomic E-state index is 0.200. The van der Waals surface area contributed by atoms with Crippen molar-refractivity contribution in [3.05, 3.63) is 22.4 Å². The molecule has 2 rings (SSSR count). The van der Waals surface area contributed by atoms with Gasteiger partial charge in [-0.05, 0) is 37.6 Å². The molecule has 1 saturated heterocycles. The molecule has 1 fully saturated rings. The third-order valence-corrected chi connectivity index (χ3v) is 4.47. The van der Waals surface area contributed by atoms with Gasteiger partial charge >= 0.3 is 0 Å². The van der Waals surface area contributed by atoms with E-state index in [1.807, 2.05) is 11.3 Å². The number of thiophene rings is 1. The van der Waals surface area contributed by atoms with Crippen LogP contribution in [0.1, 0.15) is 38.1 Å². The maximum Gasteiger partial charge on any atom is 0.0593 e. The molecular formula is C13H22N2S. The van der Waals surface area contributed by atoms with Crippen molar-refractivity contribution in [2.45, 2.75) is 45.3 Å². The predicted octanol–water partition coefficient (Wildman–Crippen LogP) is 2.87. The van der Waals surface area contributed by atoms with E-state index in [0.29, 0.717) is 12.1 Å². The van der Waals surface area contributed by atoms with Gasteiger partial charge in [0.15, 0.2) is 0 Å². The molecule has 0 aliphatic carbocycles. The predicted molar refractivity (Wildman–Crippen MR) is 70.7 cm³/mol. The van der Waals surface area contributed by atoms with Crippen molar-refractivity contribution < 1.29 is 0 Å². The zero-order valence-corrected chi connectivity index (χ0v) is 11.2. The van der Waals surface area contributed by atoms with E-state index >= 15 is 0 Å². The van der Waals surface area contributed by atoms with Crippen LogP contribution < -0.4 is 5.73 Å². The second-order valence-corrected chi connectivity index (χ2v) is 6.19. The molecule has 2 N–H and O–H groups in total. The third-order valence-electron chi connectivity index (χ3n) is 3.52. The molecule has 1 aromatic rings. The van der Waals surface area contributed by atoms with Gasteiger partial charge in [0.25, 0.3) is 0 Å². The van der Waals surface area contributed by atoms with Gasteiger partial charge in [0, 0.05) is 23.5 Å². The van der Waals surface area contributed by atoms with Gasteiger partial charge in [0.2, 0.25) is 0 Å². The molecule has 2 heterocycles. The number of hydrogen-bond acceptors (Lipinski definition) is 3. The van der Waals surface area contributed by atoms with Crippen molar-refractivity contribution in [3.8, 4) is 0 Å². The van der Waals surface area contributed by atoms with Gasteiger partial charge < -0.3 is 5.73 Å². The molecule has 2 nitrogen and oxygen atoms in total. The van der Waals surface area contributed by atoms with E-state index in [-0.39, 0.29) is 6.04 Å². The first-order chi connectivity index (χ1) is 7.59. The Morgan fingerprint density at radius 2 is 2.25 bits per heavy atom. The fourth-order valence-electron chi connectivity index (χ4n) is 2.90. The molecule has 4 atom stereocenters. The fourth-order valence-corrected chi connectivity index (χ4v) is 3.86. The van der Waals surface area contributed by atoms with E-state index in [1.54, 1.807) is 0 Å². The highest BCUT2D eigenvalue weighted by Crippen LogP contribution is 2.35. The van der Waals surface area contributed by atoms with Crippen molar-refractivity contribution >= 4 is 11.3 Å². The number of nitrogens with two attached hydrogens (primary N) is 1. The van der Waals surface area contributed by atoms with E-state index in [0.717, 1.165) is 5.92 Å². The van der Waals surface area contributed by atoms with Crippen LogP contribution >= 0.6 is 11.3 Å². The Morgan fingerprint density at radius 1 is 1.50 bits per heavy atom. The molecule has 0 amide bonds. The Hall–Kier alpha value is -0.380. The summed E-state index contributed by atoms with van der Waals surface area (Å²) in [6, 6.07) is 5.60. The van der Waals surface area contributed by atoms with E-state index in [4.69, 9.17) is 5.73 Å². The minimum Gasteiger partial charge on any atom is -0.326 e. The molecule has 0 saturated carbocycles. The first kappa shape index (κ1) is 12.1. The molecule has 4 unspecified atom stereocenters. The number of likely N-dealkylation sites (tertiary alicyclic amines) is 1. The highest BCUT2D eigenvalue weighted by Gasteiger charge is 2.34. The largest absolute Gasteiger partial charge is 0.326 e. The lowest BCUT2D eigenvalue weighted by Crippen LogP contribution is -2.41. The minimum atomic E-state index is 0.200. The molecule has 1 aromatic heterocycles. The van der Waals surface area contributed by atoms with Gasteiger partial charge in [0.05, 0.1) is 6.04 Å². The summed E-state index contributed by atoms with van der Waals surface area (Å²) in [6.07, 6.45) is 1.30. The Kier molecular flexibility index (Phi) is 3.67. The van der Waals surface area contributed by atoms with E-state index in [1.165, 1.54) is 17.8 Å². The van der Waals surface area contributed by atoms with Crippen LogP contribution in [0, 0.1) is 5.92 Å². The molecule has 1 aliphatic heterocycles. The molecular weight excluding hydrogens is 216 g/mol. The molecule has 1 aliphatic rings. The second kappa shape index (κ2) is 4.86. The summed E-state index contributed by atoms with van der Waals surface area (Å²) in [4.78, 5) is 4.00. The topological polar surface area (TPSA) is 29.3 Å². The van der Waals surface area contributed by atoms with Crippen molar-refractivity contribution in [1.82, 2.24) is 4.90 Å². The Balaban J connectivity index is 2.20. The first-order valence-corrected chi connectivity index (χ1v) is 7.02. The monoisotopic (exact) mass is 238 g/mol. The summed E-state index contributed by atoms with van der Waals surface area (Å²) in [5.41, 5.74) is 6.18. The van der Waals surface area contributed by atoms with E-state index < -0.39 is 0 Å². The summed E-state index contributed by atoms with van der Waals surface area (Å²) in [7, 11) is 0. The van der Waals surface area contributed by atoms with Crippen LogP contribution in [0.25, 0.3) is 0 Å². The second-order valence-electron chi connectivity index (χ2n) is 5.21. The maximum absolute atomic E-state index is 6.18. The van der Waals surface area contributed by atoms with Crippen LogP contribution in [0.5, 0.6) is 0 Å². The van der Waals surface area contributed by atoms with Gasteiger partial charge in [0.1, 0.15) is 0 Å². The maximum atomic E-state index is 6.18. The van der Waals surface area contributed by atoms with Gasteiger partial charge in [-0.2, -0.15) is 0 Å². The van der Waals surface area contributed by atoms with Gasteiger partial charge in [-0.3, -0.25) is 4.90 Å². The number of hydrogen-bond donors (Lipinski definition) is 1. The zero-order chi connectivity index (χ0) is 11.7. The highest BCUT2D eigenvalue weighted by molar-refractivity contribution is 7.10. The Morgan fingerprint density at radius 3 is 2.69 bits per heavy atom. The van der Waals surface area contributed by atoms with Gasteiger partial charge in [-0.1, -0.05) is 13.0 Å². The lowest BCUT2D eigenvalue weighted by Gasteiger charge is -2.33. The molecule has 0 aromatic carbocycles. The van der Waals surface area contributed by atoms with Crippen LogP contribution in [-0.2, 0) is 0 Å². The summed E-state index contributed by atoms with van der Waals surface area (Å²) >= 11 is 1.83. The van der Waals surface area contributed by atoms with Crippen LogP contribution in [0.15, 0.2) is 17.5 Å². The molecule has 3 heteroatoms. The van der Waals surface area contributed by atoms with Crippen LogP contribution in [-0.4, -0.2) is 23.5 Å². The molecule has 16 heavy (non-hydrogen) atoms. The average molecular weight is 238 g/mol. The normalized spacial score (nSPS) is 30.5. The van der Waals surface area contributed by atoms with E-state index in [9.17, 15) is 0 Å². The number of nitrogens with zero attached hydrogens (tertiary/aromatic N) is 1. The molecule has 0 bridgehead atoms. The molecule has 0 spiro atoms. The van der Waals surface area contributed by atoms with Crippen LogP contribution in [0.4, 0.5) is 0 Å². The summed E-state index contributed by atoms with van der Waals surface area (Å²) in [5, 5.41) is 2.15. The highest BCUT2D eigenvalue weighted by atomic mass is 32.1. The van der Waals surface area contributed by atoms with Crippen molar-refractivity contribution in [2.75, 3.05) is 6.54 Å². The quantitative estimate of drug-likeness (QED) is 0.877. The van der Waals surface area contributed by atoms with Crippen molar-refractivity contribution in [3.63, 3.8) is 0 Å². The molecule has 0 radical (unpaired) electrons. The van der Waals surface area contributed by atoms with Gasteiger partial charge in [-0.15, -0.1) is 11.3 Å². The van der Waals surface area contributed by atoms with Crippen molar-refractivity contribution in [2.24, 2.45) is 11.7 Å². The SMILES string of the molecule is CC1CC(C)N(C(c2cccs2)C(C)N)C1.